The van der Waals surface area contributed by atoms with Gasteiger partial charge in [0, 0.05) is 17.7 Å². The Kier molecular flexibility index (Phi) is 7.59. The molecule has 1 N–H and O–H groups in total. The van der Waals surface area contributed by atoms with E-state index in [1.807, 2.05) is 6.92 Å². The number of halogens is 1. The van der Waals surface area contributed by atoms with E-state index in [0.29, 0.717) is 6.42 Å². The van der Waals surface area contributed by atoms with Gasteiger partial charge in [-0.1, -0.05) is 13.8 Å². The van der Waals surface area contributed by atoms with Crippen LogP contribution in [0.3, 0.4) is 0 Å². The van der Waals surface area contributed by atoms with E-state index in [1.165, 1.54) is 0 Å². The first-order chi connectivity index (χ1) is 6.52. The Balaban J connectivity index is 3.39. The lowest BCUT2D eigenvalue weighted by atomic mass is 10.3. The average molecular weight is 242 g/mol. The fourth-order valence-corrected chi connectivity index (χ4v) is 1.95. The predicted molar refractivity (Wildman–Crippen MR) is 61.7 cm³/mol. The van der Waals surface area contributed by atoms with Crippen LogP contribution in [0.2, 0.25) is 0 Å². The molecule has 0 spiro atoms. The van der Waals surface area contributed by atoms with Crippen LogP contribution in [0.5, 0.6) is 0 Å². The molecular weight excluding hydrogens is 222 g/mol. The van der Waals surface area contributed by atoms with Crippen molar-refractivity contribution in [3.63, 3.8) is 0 Å². The van der Waals surface area contributed by atoms with E-state index in [-0.39, 0.29) is 16.9 Å². The van der Waals surface area contributed by atoms with Gasteiger partial charge in [0.15, 0.2) is 0 Å². The monoisotopic (exact) mass is 241 g/mol. The second-order valence-electron chi connectivity index (χ2n) is 3.30. The molecule has 0 bridgehead atoms. The van der Waals surface area contributed by atoms with Crippen LogP contribution in [0.1, 0.15) is 26.7 Å². The van der Waals surface area contributed by atoms with Crippen molar-refractivity contribution < 1.29 is 8.42 Å². The van der Waals surface area contributed by atoms with Crippen molar-refractivity contribution in [2.75, 3.05) is 24.6 Å². The van der Waals surface area contributed by atoms with Crippen molar-refractivity contribution in [3.05, 3.63) is 0 Å². The van der Waals surface area contributed by atoms with Crippen molar-refractivity contribution in [1.29, 1.82) is 0 Å². The van der Waals surface area contributed by atoms with Gasteiger partial charge in [-0.2, -0.15) is 0 Å². The van der Waals surface area contributed by atoms with Crippen molar-refractivity contribution in [3.8, 4) is 0 Å². The zero-order chi connectivity index (χ0) is 11.0. The van der Waals surface area contributed by atoms with Crippen LogP contribution in [-0.4, -0.2) is 38.4 Å². The first kappa shape index (κ1) is 14.2. The lowest BCUT2D eigenvalue weighted by Gasteiger charge is -2.07. The molecule has 1 atom stereocenters. The predicted octanol–water partition coefficient (Wildman–Crippen LogP) is 1.42. The van der Waals surface area contributed by atoms with Gasteiger partial charge in [0.05, 0.1) is 5.75 Å². The Hall–Kier alpha value is 0.200. The maximum Gasteiger partial charge on any atom is 0.150 e. The number of nitrogens with one attached hydrogen (secondary N) is 1. The fourth-order valence-electron chi connectivity index (χ4n) is 0.964. The second kappa shape index (κ2) is 7.49. The summed E-state index contributed by atoms with van der Waals surface area (Å²) in [6, 6.07) is 0. The van der Waals surface area contributed by atoms with Crippen LogP contribution in [0.15, 0.2) is 0 Å². The molecule has 3 nitrogen and oxygen atoms in total. The highest BCUT2D eigenvalue weighted by Crippen LogP contribution is 1.98. The van der Waals surface area contributed by atoms with E-state index < -0.39 is 9.84 Å². The van der Waals surface area contributed by atoms with Crippen molar-refractivity contribution in [2.45, 2.75) is 32.1 Å². The zero-order valence-electron chi connectivity index (χ0n) is 8.92. The number of hydrogen-bond donors (Lipinski definition) is 1. The summed E-state index contributed by atoms with van der Waals surface area (Å²) >= 11 is 5.88. The fraction of sp³-hybridized carbons (Fsp3) is 1.00. The largest absolute Gasteiger partial charge is 0.315 e. The molecule has 0 radical (unpaired) electrons. The number of rotatable bonds is 8. The lowest BCUT2D eigenvalue weighted by Crippen LogP contribution is -2.25. The first-order valence-electron chi connectivity index (χ1n) is 5.07. The molecule has 0 aliphatic heterocycles. The third-order valence-corrected chi connectivity index (χ3v) is 4.31. The van der Waals surface area contributed by atoms with Crippen LogP contribution in [0.25, 0.3) is 0 Å². The molecule has 0 aromatic heterocycles. The standard InChI is InChI=1S/C9H20ClNO2S/c1-3-9(10)8-11-6-5-7-14(12,13)4-2/h9,11H,3-8H2,1-2H3. The molecule has 0 saturated carbocycles. The van der Waals surface area contributed by atoms with Crippen LogP contribution in [-0.2, 0) is 9.84 Å². The Bertz CT molecular complexity index is 229. The molecule has 0 aliphatic carbocycles. The average Bonchev–Trinajstić information content (AvgIpc) is 2.17. The van der Waals surface area contributed by atoms with Crippen LogP contribution in [0, 0.1) is 0 Å². The van der Waals surface area contributed by atoms with Gasteiger partial charge in [-0.05, 0) is 19.4 Å². The van der Waals surface area contributed by atoms with Gasteiger partial charge in [-0.3, -0.25) is 0 Å². The van der Waals surface area contributed by atoms with Crippen LogP contribution >= 0.6 is 11.6 Å². The van der Waals surface area contributed by atoms with E-state index >= 15 is 0 Å². The van der Waals surface area contributed by atoms with Crippen molar-refractivity contribution >= 4 is 21.4 Å². The molecule has 1 unspecified atom stereocenters. The molecule has 86 valence electrons. The highest BCUT2D eigenvalue weighted by molar-refractivity contribution is 7.91. The normalized spacial score (nSPS) is 14.2. The van der Waals surface area contributed by atoms with E-state index in [9.17, 15) is 8.42 Å². The summed E-state index contributed by atoms with van der Waals surface area (Å²) in [4.78, 5) is 0. The smallest absolute Gasteiger partial charge is 0.150 e. The second-order valence-corrected chi connectivity index (χ2v) is 6.39. The maximum atomic E-state index is 11.1. The molecule has 0 fully saturated rings. The maximum absolute atomic E-state index is 11.1. The quantitative estimate of drug-likeness (QED) is 0.517. The third-order valence-electron chi connectivity index (χ3n) is 2.06. The summed E-state index contributed by atoms with van der Waals surface area (Å²) in [5.74, 6) is 0.510. The van der Waals surface area contributed by atoms with Gasteiger partial charge in [0.1, 0.15) is 9.84 Å². The third kappa shape index (κ3) is 7.59. The SMILES string of the molecule is CCC(Cl)CNCCCS(=O)(=O)CC. The highest BCUT2D eigenvalue weighted by atomic mass is 35.5. The number of sulfone groups is 1. The van der Waals surface area contributed by atoms with E-state index in [4.69, 9.17) is 11.6 Å². The van der Waals surface area contributed by atoms with Crippen molar-refractivity contribution in [2.24, 2.45) is 0 Å². The zero-order valence-corrected chi connectivity index (χ0v) is 10.5. The minimum Gasteiger partial charge on any atom is -0.315 e. The molecule has 5 heteroatoms. The Morgan fingerprint density at radius 3 is 2.50 bits per heavy atom. The van der Waals surface area contributed by atoms with Gasteiger partial charge in [0.25, 0.3) is 0 Å². The summed E-state index contributed by atoms with van der Waals surface area (Å²) in [5.41, 5.74) is 0. The topological polar surface area (TPSA) is 46.2 Å². The van der Waals surface area contributed by atoms with Crippen LogP contribution in [0.4, 0.5) is 0 Å². The molecule has 0 amide bonds. The summed E-state index contributed by atoms with van der Waals surface area (Å²) in [6.07, 6.45) is 1.60. The molecule has 0 rings (SSSR count). The summed E-state index contributed by atoms with van der Waals surface area (Å²) < 4.78 is 22.2. The molecule has 0 heterocycles. The molecular formula is C9H20ClNO2S. The molecule has 0 saturated heterocycles. The Morgan fingerprint density at radius 1 is 1.36 bits per heavy atom. The van der Waals surface area contributed by atoms with E-state index in [2.05, 4.69) is 5.32 Å². The molecule has 0 aliphatic rings. The highest BCUT2D eigenvalue weighted by Gasteiger charge is 2.06. The lowest BCUT2D eigenvalue weighted by molar-refractivity contribution is 0.588. The molecule has 0 aromatic carbocycles. The first-order valence-corrected chi connectivity index (χ1v) is 7.32. The van der Waals surface area contributed by atoms with E-state index in [1.54, 1.807) is 6.92 Å². The van der Waals surface area contributed by atoms with Crippen LogP contribution < -0.4 is 5.32 Å². The summed E-state index contributed by atoms with van der Waals surface area (Å²) in [7, 11) is -2.80. The minimum absolute atomic E-state index is 0.151. The van der Waals surface area contributed by atoms with Gasteiger partial charge >= 0.3 is 0 Å². The summed E-state index contributed by atoms with van der Waals surface area (Å²) in [5, 5.41) is 3.29. The summed E-state index contributed by atoms with van der Waals surface area (Å²) in [6.45, 7) is 5.18. The van der Waals surface area contributed by atoms with Gasteiger partial charge in [-0.25, -0.2) is 8.42 Å². The minimum atomic E-state index is -2.80. The molecule has 0 aromatic rings. The van der Waals surface area contributed by atoms with Gasteiger partial charge < -0.3 is 5.32 Å². The Morgan fingerprint density at radius 2 is 2.00 bits per heavy atom. The van der Waals surface area contributed by atoms with Gasteiger partial charge in [-0.15, -0.1) is 11.6 Å². The van der Waals surface area contributed by atoms with Crippen molar-refractivity contribution in [1.82, 2.24) is 5.32 Å². The number of alkyl halides is 1. The van der Waals surface area contributed by atoms with Gasteiger partial charge in [0.2, 0.25) is 0 Å². The number of hydrogen-bond acceptors (Lipinski definition) is 3. The Labute approximate surface area is 92.1 Å². The van der Waals surface area contributed by atoms with E-state index in [0.717, 1.165) is 19.5 Å². The molecule has 14 heavy (non-hydrogen) atoms.